The van der Waals surface area contributed by atoms with Crippen LogP contribution in [0.4, 0.5) is 5.69 Å². The molecule has 3 aliphatic rings. The topological polar surface area (TPSA) is 15.6 Å². The van der Waals surface area contributed by atoms with E-state index in [9.17, 15) is 0 Å². The van der Waals surface area contributed by atoms with Crippen molar-refractivity contribution in [3.05, 3.63) is 87.5 Å². The molecule has 0 aromatic heterocycles. The van der Waals surface area contributed by atoms with E-state index in [0.717, 1.165) is 12.8 Å². The van der Waals surface area contributed by atoms with Gasteiger partial charge >= 0.3 is 0 Å². The summed E-state index contributed by atoms with van der Waals surface area (Å²) in [5.41, 5.74) is 14.8. The second-order valence-electron chi connectivity index (χ2n) is 17.7. The predicted octanol–water partition coefficient (Wildman–Crippen LogP) is 12.3. The lowest BCUT2D eigenvalue weighted by molar-refractivity contribution is 0.334. The fourth-order valence-electron chi connectivity index (χ4n) is 8.44. The Hall–Kier alpha value is -2.87. The molecule has 0 bridgehead atoms. The fourth-order valence-corrected chi connectivity index (χ4v) is 8.44. The number of hydrogen-bond acceptors (Lipinski definition) is 2. The summed E-state index contributed by atoms with van der Waals surface area (Å²) in [4.78, 5) is 8.41. The van der Waals surface area contributed by atoms with Gasteiger partial charge in [-0.05, 0) is 98.4 Å². The largest absolute Gasteiger partial charge is 0.318 e. The van der Waals surface area contributed by atoms with Gasteiger partial charge in [-0.25, -0.2) is 0 Å². The molecule has 0 amide bonds. The Kier molecular flexibility index (Phi) is 8.39. The van der Waals surface area contributed by atoms with Crippen molar-refractivity contribution in [2.75, 3.05) is 4.90 Å². The minimum absolute atomic E-state index is 0.0236. The summed E-state index contributed by atoms with van der Waals surface area (Å²) in [6.45, 7) is 31.1. The van der Waals surface area contributed by atoms with E-state index in [1.807, 2.05) is 0 Å². The molecule has 2 heterocycles. The molecule has 0 spiro atoms. The first-order valence-corrected chi connectivity index (χ1v) is 18.4. The second-order valence-corrected chi connectivity index (χ2v) is 17.7. The van der Waals surface area contributed by atoms with Crippen molar-refractivity contribution in [3.8, 4) is 11.1 Å². The van der Waals surface area contributed by atoms with Gasteiger partial charge in [0.1, 0.15) is 5.84 Å². The first-order chi connectivity index (χ1) is 21.5. The zero-order valence-corrected chi connectivity index (χ0v) is 31.2. The van der Waals surface area contributed by atoms with Crippen LogP contribution >= 0.6 is 0 Å². The van der Waals surface area contributed by atoms with Crippen molar-refractivity contribution in [1.82, 2.24) is 0 Å². The molecule has 0 N–H and O–H groups in total. The van der Waals surface area contributed by atoms with Crippen molar-refractivity contribution < 1.29 is 0 Å². The molecule has 246 valence electrons. The third-order valence-electron chi connectivity index (χ3n) is 11.6. The molecule has 1 saturated carbocycles. The zero-order valence-electron chi connectivity index (χ0n) is 31.2. The lowest BCUT2D eigenvalue weighted by Crippen LogP contribution is -2.45. The van der Waals surface area contributed by atoms with Gasteiger partial charge in [-0.2, -0.15) is 0 Å². The van der Waals surface area contributed by atoms with Gasteiger partial charge in [0.25, 0.3) is 0 Å². The first kappa shape index (κ1) is 33.0. The summed E-state index contributed by atoms with van der Waals surface area (Å²) in [6.07, 6.45) is 3.40. The molecule has 2 nitrogen and oxygen atoms in total. The number of hydrogen-bond donors (Lipinski definition) is 0. The Morgan fingerprint density at radius 3 is 2.02 bits per heavy atom. The highest BCUT2D eigenvalue weighted by atomic mass is 15.3. The molecule has 0 radical (unpaired) electrons. The van der Waals surface area contributed by atoms with Crippen molar-refractivity contribution in [2.24, 2.45) is 22.2 Å². The minimum Gasteiger partial charge on any atom is -0.318 e. The van der Waals surface area contributed by atoms with Gasteiger partial charge in [-0.1, -0.05) is 133 Å². The molecule has 3 aromatic carbocycles. The van der Waals surface area contributed by atoms with E-state index in [0.29, 0.717) is 35.6 Å². The molecule has 1 aliphatic carbocycles. The van der Waals surface area contributed by atoms with Crippen LogP contribution in [0.15, 0.2) is 53.5 Å². The molecule has 2 heteroatoms. The predicted molar refractivity (Wildman–Crippen MR) is 200 cm³/mol. The SMILES string of the molecule is CCC(C)C(C)(C)c1cccc2c1C1=NC3CC3C(c3c(C(C)C)cc(C(C)C)cc3C(C)C)N1c1ccc(CC(C)(C)C)cc1-2. The number of benzene rings is 3. The number of nitrogens with zero attached hydrogens (tertiary/aromatic N) is 2. The highest BCUT2D eigenvalue weighted by Crippen LogP contribution is 2.58. The van der Waals surface area contributed by atoms with Gasteiger partial charge in [-0.3, -0.25) is 4.99 Å². The van der Waals surface area contributed by atoms with Gasteiger partial charge in [0.2, 0.25) is 0 Å². The normalized spacial score (nSPS) is 21.2. The van der Waals surface area contributed by atoms with Crippen LogP contribution in [0.1, 0.15) is 166 Å². The van der Waals surface area contributed by atoms with E-state index in [-0.39, 0.29) is 16.9 Å². The van der Waals surface area contributed by atoms with E-state index in [4.69, 9.17) is 4.99 Å². The van der Waals surface area contributed by atoms with Crippen LogP contribution < -0.4 is 4.90 Å². The van der Waals surface area contributed by atoms with E-state index < -0.39 is 0 Å². The molecule has 46 heavy (non-hydrogen) atoms. The van der Waals surface area contributed by atoms with Gasteiger partial charge < -0.3 is 4.90 Å². The van der Waals surface area contributed by atoms with Crippen LogP contribution in [0.3, 0.4) is 0 Å². The Morgan fingerprint density at radius 2 is 1.46 bits per heavy atom. The number of aliphatic imine (C=N–C) groups is 1. The summed E-state index contributed by atoms with van der Waals surface area (Å²) >= 11 is 0. The van der Waals surface area contributed by atoms with Crippen LogP contribution in [0.25, 0.3) is 11.1 Å². The van der Waals surface area contributed by atoms with E-state index in [1.165, 1.54) is 62.5 Å². The molecular formula is C44H60N2. The number of anilines is 1. The van der Waals surface area contributed by atoms with Crippen LogP contribution in [0, 0.1) is 17.3 Å². The number of amidine groups is 1. The lowest BCUT2D eigenvalue weighted by atomic mass is 9.69. The summed E-state index contributed by atoms with van der Waals surface area (Å²) in [5, 5.41) is 0. The maximum absolute atomic E-state index is 5.67. The first-order valence-electron chi connectivity index (χ1n) is 18.4. The van der Waals surface area contributed by atoms with Crippen molar-refractivity contribution >= 4 is 11.5 Å². The van der Waals surface area contributed by atoms with Crippen molar-refractivity contribution in [1.29, 1.82) is 0 Å². The fraction of sp³-hybridized carbons (Fsp3) is 0.568. The highest BCUT2D eigenvalue weighted by molar-refractivity contribution is 6.21. The van der Waals surface area contributed by atoms with Crippen LogP contribution in [-0.2, 0) is 11.8 Å². The van der Waals surface area contributed by atoms with Gasteiger partial charge in [0.05, 0.1) is 17.8 Å². The molecule has 2 aliphatic heterocycles. The Bertz CT molecular complexity index is 1630. The molecule has 4 atom stereocenters. The molecule has 4 unspecified atom stereocenters. The number of rotatable bonds is 8. The average molecular weight is 617 g/mol. The summed E-state index contributed by atoms with van der Waals surface area (Å²) in [7, 11) is 0. The third kappa shape index (κ3) is 5.56. The monoisotopic (exact) mass is 616 g/mol. The van der Waals surface area contributed by atoms with Crippen molar-refractivity contribution in [2.45, 2.75) is 145 Å². The van der Waals surface area contributed by atoms with Crippen LogP contribution in [0.2, 0.25) is 0 Å². The van der Waals surface area contributed by atoms with Crippen LogP contribution in [-0.4, -0.2) is 11.9 Å². The Labute approximate surface area is 281 Å². The van der Waals surface area contributed by atoms with E-state index in [1.54, 1.807) is 5.56 Å². The maximum Gasteiger partial charge on any atom is 0.137 e. The summed E-state index contributed by atoms with van der Waals surface area (Å²) in [5.74, 6) is 3.74. The maximum atomic E-state index is 5.67. The van der Waals surface area contributed by atoms with E-state index >= 15 is 0 Å². The molecule has 1 fully saturated rings. The quantitative estimate of drug-likeness (QED) is 0.246. The van der Waals surface area contributed by atoms with Crippen molar-refractivity contribution in [3.63, 3.8) is 0 Å². The average Bonchev–Trinajstić information content (AvgIpc) is 3.77. The lowest BCUT2D eigenvalue weighted by Gasteiger charge is -2.46. The number of fused-ring (bicyclic) bond motifs is 7. The zero-order chi connectivity index (χ0) is 33.5. The minimum atomic E-state index is 0.0236. The van der Waals surface area contributed by atoms with Gasteiger partial charge in [0, 0.05) is 17.0 Å². The van der Waals surface area contributed by atoms with Crippen LogP contribution in [0.5, 0.6) is 0 Å². The molecule has 0 saturated heterocycles. The molecular weight excluding hydrogens is 556 g/mol. The third-order valence-corrected chi connectivity index (χ3v) is 11.6. The molecule has 3 aromatic rings. The smallest absolute Gasteiger partial charge is 0.137 e. The van der Waals surface area contributed by atoms with Gasteiger partial charge in [-0.15, -0.1) is 0 Å². The molecule has 6 rings (SSSR count). The Balaban J connectivity index is 1.67. The van der Waals surface area contributed by atoms with Gasteiger partial charge in [0.15, 0.2) is 0 Å². The standard InChI is InChI=1S/C44H60N2/c1-14-28(8)44(12,13)36-17-15-16-31-34-20-29(24-43(9,10)11)18-19-38(34)46-41(35-23-37(35)45-42(46)40(31)36)39-32(26(4)5)21-30(25(2)3)22-33(39)27(6)7/h15-22,25-28,35,37,41H,14,23-24H2,1-13H3. The van der Waals surface area contributed by atoms with E-state index in [2.05, 4.69) is 143 Å². The summed E-state index contributed by atoms with van der Waals surface area (Å²) < 4.78 is 0. The highest BCUT2D eigenvalue weighted by Gasteiger charge is 2.54. The Morgan fingerprint density at radius 1 is 0.804 bits per heavy atom. The summed E-state index contributed by atoms with van der Waals surface area (Å²) in [6, 6.07) is 20.3. The second kappa shape index (κ2) is 11.7.